The van der Waals surface area contributed by atoms with Gasteiger partial charge in [0.1, 0.15) is 17.4 Å². The lowest BCUT2D eigenvalue weighted by Gasteiger charge is -2.16. The number of nitrogens with zero attached hydrogens (tertiary/aromatic N) is 3. The number of hydrogen-bond acceptors (Lipinski definition) is 6. The van der Waals surface area contributed by atoms with Crippen molar-refractivity contribution in [2.45, 2.75) is 33.2 Å². The third-order valence-corrected chi connectivity index (χ3v) is 4.43. The van der Waals surface area contributed by atoms with Crippen molar-refractivity contribution in [2.75, 3.05) is 19.0 Å². The van der Waals surface area contributed by atoms with Gasteiger partial charge in [0.2, 0.25) is 0 Å². The topological polar surface area (TPSA) is 86.0 Å². The maximum atomic E-state index is 6.33. The zero-order valence-corrected chi connectivity index (χ0v) is 16.4. The van der Waals surface area contributed by atoms with Crippen LogP contribution >= 0.6 is 0 Å². The van der Waals surface area contributed by atoms with Crippen LogP contribution in [0.3, 0.4) is 0 Å². The summed E-state index contributed by atoms with van der Waals surface area (Å²) in [4.78, 5) is 13.6. The van der Waals surface area contributed by atoms with Crippen LogP contribution < -0.4 is 15.8 Å². The van der Waals surface area contributed by atoms with Gasteiger partial charge in [-0.2, -0.15) is 0 Å². The molecule has 0 fully saturated rings. The van der Waals surface area contributed by atoms with Gasteiger partial charge in [0.25, 0.3) is 0 Å². The second-order valence-electron chi connectivity index (χ2n) is 7.00. The molecule has 2 aromatic heterocycles. The number of benzene rings is 1. The minimum atomic E-state index is -0.174. The van der Waals surface area contributed by atoms with E-state index in [1.807, 2.05) is 18.2 Å². The normalized spacial score (nSPS) is 12.4. The van der Waals surface area contributed by atoms with Gasteiger partial charge in [-0.1, -0.05) is 19.9 Å². The lowest BCUT2D eigenvalue weighted by Crippen LogP contribution is -2.17. The molecule has 0 aliphatic rings. The van der Waals surface area contributed by atoms with Crippen molar-refractivity contribution in [2.24, 2.45) is 11.7 Å². The van der Waals surface area contributed by atoms with Gasteiger partial charge in [-0.05, 0) is 43.0 Å². The van der Waals surface area contributed by atoms with Gasteiger partial charge < -0.3 is 15.8 Å². The smallest absolute Gasteiger partial charge is 0.148 e. The fourth-order valence-corrected chi connectivity index (χ4v) is 3.18. The molecule has 0 spiro atoms. The molecule has 1 atom stereocenters. The van der Waals surface area contributed by atoms with E-state index in [9.17, 15) is 0 Å². The summed E-state index contributed by atoms with van der Waals surface area (Å²) < 4.78 is 5.45. The van der Waals surface area contributed by atoms with E-state index in [1.54, 1.807) is 19.5 Å². The van der Waals surface area contributed by atoms with Gasteiger partial charge in [0, 0.05) is 23.7 Å². The molecule has 0 bridgehead atoms. The molecule has 3 N–H and O–H groups in total. The third-order valence-electron chi connectivity index (χ3n) is 4.43. The van der Waals surface area contributed by atoms with Crippen LogP contribution in [0.1, 0.15) is 39.1 Å². The zero-order valence-electron chi connectivity index (χ0n) is 16.4. The molecule has 3 aromatic rings. The zero-order chi connectivity index (χ0) is 19.4. The Morgan fingerprint density at radius 1 is 1.19 bits per heavy atom. The van der Waals surface area contributed by atoms with E-state index in [2.05, 4.69) is 37.1 Å². The van der Waals surface area contributed by atoms with Crippen LogP contribution in [0.5, 0.6) is 5.75 Å². The van der Waals surface area contributed by atoms with E-state index in [4.69, 9.17) is 20.4 Å². The predicted molar refractivity (Wildman–Crippen MR) is 110 cm³/mol. The molecule has 0 saturated carbocycles. The first-order valence-corrected chi connectivity index (χ1v) is 9.33. The highest BCUT2D eigenvalue weighted by atomic mass is 16.5. The highest BCUT2D eigenvalue weighted by molar-refractivity contribution is 5.93. The van der Waals surface area contributed by atoms with E-state index in [-0.39, 0.29) is 6.04 Å². The summed E-state index contributed by atoms with van der Waals surface area (Å²) in [6.45, 7) is 7.13. The predicted octanol–water partition coefficient (Wildman–Crippen LogP) is 4.18. The van der Waals surface area contributed by atoms with E-state index in [1.165, 1.54) is 0 Å². The van der Waals surface area contributed by atoms with Crippen LogP contribution in [0.25, 0.3) is 22.0 Å². The SMILES string of the molecule is CCNc1nc(C(N)CC(C)C)nc2ccc(-c3ccncc3OC)cc12. The first kappa shape index (κ1) is 19.0. The minimum absolute atomic E-state index is 0.174. The lowest BCUT2D eigenvalue weighted by atomic mass is 10.0. The Bertz CT molecular complexity index is 926. The molecule has 1 aromatic carbocycles. The van der Waals surface area contributed by atoms with Crippen LogP contribution in [0, 0.1) is 5.92 Å². The number of fused-ring (bicyclic) bond motifs is 1. The monoisotopic (exact) mass is 365 g/mol. The molecule has 6 nitrogen and oxygen atoms in total. The van der Waals surface area contributed by atoms with Crippen LogP contribution in [-0.4, -0.2) is 28.6 Å². The molecule has 0 saturated heterocycles. The summed E-state index contributed by atoms with van der Waals surface area (Å²) in [5.74, 6) is 2.72. The number of pyridine rings is 1. The van der Waals surface area contributed by atoms with Gasteiger partial charge in [0.15, 0.2) is 0 Å². The summed E-state index contributed by atoms with van der Waals surface area (Å²) in [5, 5.41) is 4.32. The number of aromatic nitrogens is 3. The largest absolute Gasteiger partial charge is 0.494 e. The van der Waals surface area contributed by atoms with Crippen molar-refractivity contribution in [3.05, 3.63) is 42.5 Å². The van der Waals surface area contributed by atoms with E-state index in [0.717, 1.165) is 46.6 Å². The molecule has 0 amide bonds. The summed E-state index contributed by atoms with van der Waals surface area (Å²) in [5.41, 5.74) is 9.23. The van der Waals surface area contributed by atoms with Crippen molar-refractivity contribution in [1.82, 2.24) is 15.0 Å². The first-order chi connectivity index (χ1) is 13.0. The average molecular weight is 365 g/mol. The van der Waals surface area contributed by atoms with E-state index < -0.39 is 0 Å². The Morgan fingerprint density at radius 2 is 2.00 bits per heavy atom. The highest BCUT2D eigenvalue weighted by Gasteiger charge is 2.16. The number of nitrogens with one attached hydrogen (secondary N) is 1. The summed E-state index contributed by atoms with van der Waals surface area (Å²) in [6.07, 6.45) is 4.33. The number of anilines is 1. The van der Waals surface area contributed by atoms with Gasteiger partial charge in [0.05, 0.1) is 24.9 Å². The summed E-state index contributed by atoms with van der Waals surface area (Å²) in [7, 11) is 1.65. The molecular formula is C21H27N5O. The Kier molecular flexibility index (Phi) is 5.86. The van der Waals surface area contributed by atoms with Crippen LogP contribution in [0.4, 0.5) is 5.82 Å². The Labute approximate surface area is 160 Å². The number of nitrogens with two attached hydrogens (primary N) is 1. The number of ether oxygens (including phenoxy) is 1. The third kappa shape index (κ3) is 4.17. The van der Waals surface area contributed by atoms with Crippen LogP contribution in [0.15, 0.2) is 36.7 Å². The Balaban J connectivity index is 2.11. The van der Waals surface area contributed by atoms with Gasteiger partial charge in [-0.3, -0.25) is 4.98 Å². The average Bonchev–Trinajstić information content (AvgIpc) is 2.67. The van der Waals surface area contributed by atoms with Crippen molar-refractivity contribution in [3.63, 3.8) is 0 Å². The number of rotatable bonds is 7. The number of hydrogen-bond donors (Lipinski definition) is 2. The molecule has 27 heavy (non-hydrogen) atoms. The van der Waals surface area contributed by atoms with Gasteiger partial charge in [-0.15, -0.1) is 0 Å². The summed E-state index contributed by atoms with van der Waals surface area (Å²) >= 11 is 0. The van der Waals surface area contributed by atoms with Crippen molar-refractivity contribution < 1.29 is 4.74 Å². The molecule has 6 heteroatoms. The van der Waals surface area contributed by atoms with Crippen molar-refractivity contribution in [1.29, 1.82) is 0 Å². The lowest BCUT2D eigenvalue weighted by molar-refractivity contribution is 0.414. The number of methoxy groups -OCH3 is 1. The standard InChI is InChI=1S/C21H27N5O/c1-5-24-20-16-11-14(15-8-9-23-12-19(15)27-4)6-7-18(16)25-21(26-20)17(22)10-13(2)3/h6-9,11-13,17H,5,10,22H2,1-4H3,(H,24,25,26). The molecule has 0 aliphatic heterocycles. The van der Waals surface area contributed by atoms with Crippen LogP contribution in [0.2, 0.25) is 0 Å². The van der Waals surface area contributed by atoms with E-state index >= 15 is 0 Å². The maximum absolute atomic E-state index is 6.33. The molecule has 0 radical (unpaired) electrons. The molecule has 2 heterocycles. The Morgan fingerprint density at radius 3 is 2.70 bits per heavy atom. The quantitative estimate of drug-likeness (QED) is 0.653. The van der Waals surface area contributed by atoms with Crippen molar-refractivity contribution >= 4 is 16.7 Å². The Hall–Kier alpha value is -2.73. The fraction of sp³-hybridized carbons (Fsp3) is 0.381. The van der Waals surface area contributed by atoms with Gasteiger partial charge >= 0.3 is 0 Å². The summed E-state index contributed by atoms with van der Waals surface area (Å²) in [6, 6.07) is 7.91. The fourth-order valence-electron chi connectivity index (χ4n) is 3.18. The molecule has 142 valence electrons. The van der Waals surface area contributed by atoms with Gasteiger partial charge in [-0.25, -0.2) is 9.97 Å². The minimum Gasteiger partial charge on any atom is -0.494 e. The molecular weight excluding hydrogens is 338 g/mol. The second-order valence-corrected chi connectivity index (χ2v) is 7.00. The highest BCUT2D eigenvalue weighted by Crippen LogP contribution is 2.33. The molecule has 0 aliphatic carbocycles. The first-order valence-electron chi connectivity index (χ1n) is 9.33. The second kappa shape index (κ2) is 8.31. The molecule has 1 unspecified atom stereocenters. The maximum Gasteiger partial charge on any atom is 0.148 e. The van der Waals surface area contributed by atoms with Crippen molar-refractivity contribution in [3.8, 4) is 16.9 Å². The molecule has 3 rings (SSSR count). The van der Waals surface area contributed by atoms with E-state index in [0.29, 0.717) is 11.7 Å². The van der Waals surface area contributed by atoms with Crippen LogP contribution in [-0.2, 0) is 0 Å².